The predicted molar refractivity (Wildman–Crippen MR) is 73.8 cm³/mol. The fourth-order valence-electron chi connectivity index (χ4n) is 2.69. The zero-order valence-electron chi connectivity index (χ0n) is 12.5. The molecule has 0 aromatic rings. The molecule has 2 N–H and O–H groups in total. The van der Waals surface area contributed by atoms with E-state index in [0.717, 1.165) is 24.2 Å². The van der Waals surface area contributed by atoms with Crippen LogP contribution in [0.5, 0.6) is 0 Å². The molecule has 0 spiro atoms. The number of nitrogens with zero attached hydrogens (tertiary/aromatic N) is 2. The van der Waals surface area contributed by atoms with Crippen molar-refractivity contribution in [2.24, 2.45) is 0 Å². The van der Waals surface area contributed by atoms with Gasteiger partial charge in [0.25, 0.3) is 0 Å². The summed E-state index contributed by atoms with van der Waals surface area (Å²) in [6.45, 7) is -1.90. The lowest BCUT2D eigenvalue weighted by molar-refractivity contribution is -0.149. The van der Waals surface area contributed by atoms with Crippen molar-refractivity contribution in [2.45, 2.75) is 50.2 Å². The number of nitrogens with one attached hydrogen (secondary N) is 1. The number of nitriles is 1. The van der Waals surface area contributed by atoms with E-state index in [4.69, 9.17) is 5.11 Å². The summed E-state index contributed by atoms with van der Waals surface area (Å²) >= 11 is 0. The van der Waals surface area contributed by atoms with Gasteiger partial charge in [0.1, 0.15) is 5.54 Å². The zero-order chi connectivity index (χ0) is 16.6. The van der Waals surface area contributed by atoms with E-state index in [-0.39, 0.29) is 19.6 Å². The lowest BCUT2D eigenvalue weighted by Gasteiger charge is -2.32. The molecule has 1 fully saturated rings. The largest absolute Gasteiger partial charge is 0.401 e. The highest BCUT2D eigenvalue weighted by Gasteiger charge is 2.35. The van der Waals surface area contributed by atoms with Gasteiger partial charge in [-0.3, -0.25) is 9.69 Å². The van der Waals surface area contributed by atoms with Crippen molar-refractivity contribution in [2.75, 3.05) is 26.2 Å². The van der Waals surface area contributed by atoms with Crippen molar-refractivity contribution in [1.82, 2.24) is 10.2 Å². The Balaban J connectivity index is 2.59. The van der Waals surface area contributed by atoms with Crippen molar-refractivity contribution in [1.29, 1.82) is 5.26 Å². The number of alkyl halides is 3. The number of aliphatic hydroxyl groups excluding tert-OH is 1. The summed E-state index contributed by atoms with van der Waals surface area (Å²) in [5.41, 5.74) is -0.948. The molecule has 0 saturated heterocycles. The van der Waals surface area contributed by atoms with E-state index in [2.05, 4.69) is 11.4 Å². The van der Waals surface area contributed by atoms with Gasteiger partial charge in [-0.2, -0.15) is 18.4 Å². The molecule has 1 amide bonds. The minimum absolute atomic E-state index is 0.0248. The summed E-state index contributed by atoms with van der Waals surface area (Å²) in [5, 5.41) is 20.6. The van der Waals surface area contributed by atoms with E-state index in [9.17, 15) is 23.2 Å². The summed E-state index contributed by atoms with van der Waals surface area (Å²) in [6.07, 6.45) is -0.540. The zero-order valence-corrected chi connectivity index (χ0v) is 12.5. The van der Waals surface area contributed by atoms with Gasteiger partial charge >= 0.3 is 6.18 Å². The van der Waals surface area contributed by atoms with Gasteiger partial charge in [-0.25, -0.2) is 0 Å². The number of carbonyl (C=O) groups is 1. The van der Waals surface area contributed by atoms with Gasteiger partial charge in [-0.05, 0) is 19.3 Å². The van der Waals surface area contributed by atoms with Crippen LogP contribution in [0.3, 0.4) is 0 Å². The average molecular weight is 321 g/mol. The molecule has 0 aromatic carbocycles. The molecular weight excluding hydrogens is 299 g/mol. The monoisotopic (exact) mass is 321 g/mol. The second-order valence-electron chi connectivity index (χ2n) is 5.71. The van der Waals surface area contributed by atoms with Crippen molar-refractivity contribution in [3.8, 4) is 6.07 Å². The smallest absolute Gasteiger partial charge is 0.396 e. The summed E-state index contributed by atoms with van der Waals surface area (Å²) in [5.74, 6) is -0.578. The second kappa shape index (κ2) is 8.34. The van der Waals surface area contributed by atoms with Crippen molar-refractivity contribution >= 4 is 5.91 Å². The molecule has 0 aromatic heterocycles. The molecule has 1 rings (SSSR count). The van der Waals surface area contributed by atoms with Gasteiger partial charge in [0, 0.05) is 13.2 Å². The standard InChI is InChI=1S/C14H22F3N3O2/c15-14(16,17)11-20(7-4-8-21)9-12(22)19-13(10-18)5-2-1-3-6-13/h21H,1-9,11H2,(H,19,22). The quantitative estimate of drug-likeness (QED) is 0.746. The highest BCUT2D eigenvalue weighted by atomic mass is 19.4. The first-order valence-electron chi connectivity index (χ1n) is 7.42. The summed E-state index contributed by atoms with van der Waals surface area (Å²) < 4.78 is 37.5. The average Bonchev–Trinajstić information content (AvgIpc) is 2.44. The highest BCUT2D eigenvalue weighted by Crippen LogP contribution is 2.27. The number of hydrogen-bond acceptors (Lipinski definition) is 4. The summed E-state index contributed by atoms with van der Waals surface area (Å²) in [4.78, 5) is 12.9. The molecular formula is C14H22F3N3O2. The summed E-state index contributed by atoms with van der Waals surface area (Å²) in [7, 11) is 0. The molecule has 1 saturated carbocycles. The molecule has 22 heavy (non-hydrogen) atoms. The van der Waals surface area contributed by atoms with Crippen LogP contribution in [0.1, 0.15) is 38.5 Å². The molecule has 0 heterocycles. The maximum atomic E-state index is 12.5. The van der Waals surface area contributed by atoms with E-state index in [1.54, 1.807) is 0 Å². The Hall–Kier alpha value is -1.33. The van der Waals surface area contributed by atoms with E-state index in [0.29, 0.717) is 12.8 Å². The van der Waals surface area contributed by atoms with E-state index < -0.39 is 30.7 Å². The summed E-state index contributed by atoms with van der Waals surface area (Å²) in [6, 6.07) is 2.10. The Kier molecular flexibility index (Phi) is 7.10. The first-order chi connectivity index (χ1) is 10.3. The predicted octanol–water partition coefficient (Wildman–Crippen LogP) is 1.58. The number of carbonyl (C=O) groups excluding carboxylic acids is 1. The minimum atomic E-state index is -4.41. The van der Waals surface area contributed by atoms with Gasteiger partial charge in [-0.15, -0.1) is 0 Å². The van der Waals surface area contributed by atoms with Crippen LogP contribution in [0.15, 0.2) is 0 Å². The minimum Gasteiger partial charge on any atom is -0.396 e. The molecule has 0 atom stereocenters. The van der Waals surface area contributed by atoms with Crippen LogP contribution in [0.25, 0.3) is 0 Å². The van der Waals surface area contributed by atoms with Gasteiger partial charge in [0.2, 0.25) is 5.91 Å². The van der Waals surface area contributed by atoms with Gasteiger partial charge in [-0.1, -0.05) is 19.3 Å². The molecule has 0 unspecified atom stereocenters. The Morgan fingerprint density at radius 3 is 2.45 bits per heavy atom. The van der Waals surface area contributed by atoms with Crippen LogP contribution in [0.2, 0.25) is 0 Å². The molecule has 0 aliphatic heterocycles. The number of rotatable bonds is 7. The van der Waals surface area contributed by atoms with E-state index >= 15 is 0 Å². The fraction of sp³-hybridized carbons (Fsp3) is 0.857. The maximum absolute atomic E-state index is 12.5. The van der Waals surface area contributed by atoms with Gasteiger partial charge in [0.15, 0.2) is 0 Å². The first-order valence-corrected chi connectivity index (χ1v) is 7.42. The van der Waals surface area contributed by atoms with Gasteiger partial charge in [0.05, 0.1) is 19.2 Å². The third kappa shape index (κ3) is 6.62. The lowest BCUT2D eigenvalue weighted by atomic mass is 9.83. The number of amides is 1. The number of hydrogen-bond donors (Lipinski definition) is 2. The lowest BCUT2D eigenvalue weighted by Crippen LogP contribution is -2.52. The van der Waals surface area contributed by atoms with E-state index in [1.165, 1.54) is 0 Å². The Labute approximate surface area is 128 Å². The van der Waals surface area contributed by atoms with Crippen LogP contribution in [0.4, 0.5) is 13.2 Å². The van der Waals surface area contributed by atoms with Crippen LogP contribution in [0, 0.1) is 11.3 Å². The maximum Gasteiger partial charge on any atom is 0.401 e. The molecule has 5 nitrogen and oxygen atoms in total. The third-order valence-corrected chi connectivity index (χ3v) is 3.70. The number of halogens is 3. The second-order valence-corrected chi connectivity index (χ2v) is 5.71. The molecule has 1 aliphatic carbocycles. The number of aliphatic hydroxyl groups is 1. The normalized spacial score (nSPS) is 18.0. The molecule has 126 valence electrons. The van der Waals surface area contributed by atoms with Crippen molar-refractivity contribution in [3.63, 3.8) is 0 Å². The third-order valence-electron chi connectivity index (χ3n) is 3.70. The van der Waals surface area contributed by atoms with Crippen LogP contribution in [-0.2, 0) is 4.79 Å². The molecule has 1 aliphatic rings. The fourth-order valence-corrected chi connectivity index (χ4v) is 2.69. The van der Waals surface area contributed by atoms with Crippen LogP contribution < -0.4 is 5.32 Å². The Morgan fingerprint density at radius 2 is 1.95 bits per heavy atom. The molecule has 0 radical (unpaired) electrons. The van der Waals surface area contributed by atoms with Gasteiger partial charge < -0.3 is 10.4 Å². The highest BCUT2D eigenvalue weighted by molar-refractivity contribution is 5.79. The molecule has 0 bridgehead atoms. The Bertz CT molecular complexity index is 401. The van der Waals surface area contributed by atoms with Crippen LogP contribution in [-0.4, -0.2) is 53.9 Å². The first kappa shape index (κ1) is 18.7. The Morgan fingerprint density at radius 1 is 1.32 bits per heavy atom. The SMILES string of the molecule is N#CC1(NC(=O)CN(CCCO)CC(F)(F)F)CCCCC1. The topological polar surface area (TPSA) is 76.4 Å². The molecule has 8 heteroatoms. The van der Waals surface area contributed by atoms with Crippen molar-refractivity contribution < 1.29 is 23.1 Å². The van der Waals surface area contributed by atoms with E-state index in [1.807, 2.05) is 0 Å². The van der Waals surface area contributed by atoms with Crippen molar-refractivity contribution in [3.05, 3.63) is 0 Å². The van der Waals surface area contributed by atoms with Crippen LogP contribution >= 0.6 is 0 Å².